The van der Waals surface area contributed by atoms with Crippen LogP contribution in [0.3, 0.4) is 0 Å². The third kappa shape index (κ3) is 3.07. The van der Waals surface area contributed by atoms with Crippen LogP contribution < -0.4 is 5.32 Å². The third-order valence-corrected chi connectivity index (χ3v) is 2.66. The molecule has 5 nitrogen and oxygen atoms in total. The first-order valence-corrected chi connectivity index (χ1v) is 5.99. The first-order chi connectivity index (χ1) is 8.66. The molecule has 2 amide bonds. The minimum Gasteiger partial charge on any atom is -0.326 e. The number of nitrogens with zero attached hydrogens (tertiary/aromatic N) is 1. The molecule has 1 saturated heterocycles. The van der Waals surface area contributed by atoms with Crippen molar-refractivity contribution in [2.45, 2.75) is 19.8 Å². The molecule has 1 heterocycles. The number of nitrogens with one attached hydrogen (secondary N) is 1. The molecule has 0 unspecified atom stereocenters. The van der Waals surface area contributed by atoms with Gasteiger partial charge in [0.2, 0.25) is 5.91 Å². The standard InChI is InChI=1S/C13H16N2O3/c1-10(16)14-12-6-4-5-11(9-12)13(17)15-7-2-3-8-18-15/h4-6,9H,2-3,7-8H2,1H3,(H,14,16). The molecule has 0 bridgehead atoms. The van der Waals surface area contributed by atoms with Gasteiger partial charge in [-0.25, -0.2) is 5.06 Å². The van der Waals surface area contributed by atoms with E-state index < -0.39 is 0 Å². The van der Waals surface area contributed by atoms with Gasteiger partial charge in [-0.1, -0.05) is 6.07 Å². The van der Waals surface area contributed by atoms with Crippen LogP contribution in [0.5, 0.6) is 0 Å². The molecular formula is C13H16N2O3. The van der Waals surface area contributed by atoms with Crippen molar-refractivity contribution in [3.63, 3.8) is 0 Å². The van der Waals surface area contributed by atoms with Crippen molar-refractivity contribution in [2.24, 2.45) is 0 Å². The zero-order valence-electron chi connectivity index (χ0n) is 10.3. The summed E-state index contributed by atoms with van der Waals surface area (Å²) < 4.78 is 0. The molecule has 1 aromatic carbocycles. The van der Waals surface area contributed by atoms with Gasteiger partial charge >= 0.3 is 0 Å². The average molecular weight is 248 g/mol. The molecule has 1 aliphatic heterocycles. The molecule has 0 atom stereocenters. The Labute approximate surface area is 106 Å². The smallest absolute Gasteiger partial charge is 0.277 e. The average Bonchev–Trinajstić information content (AvgIpc) is 2.38. The van der Waals surface area contributed by atoms with Crippen LogP contribution in [0.1, 0.15) is 30.1 Å². The molecule has 0 radical (unpaired) electrons. The summed E-state index contributed by atoms with van der Waals surface area (Å²) in [7, 11) is 0. The molecule has 96 valence electrons. The number of hydrogen-bond acceptors (Lipinski definition) is 3. The second-order valence-corrected chi connectivity index (χ2v) is 4.21. The first-order valence-electron chi connectivity index (χ1n) is 5.99. The van der Waals surface area contributed by atoms with Crippen LogP contribution >= 0.6 is 0 Å². The molecule has 1 aliphatic rings. The van der Waals surface area contributed by atoms with Gasteiger partial charge in [-0.3, -0.25) is 14.4 Å². The van der Waals surface area contributed by atoms with E-state index in [0.717, 1.165) is 12.8 Å². The highest BCUT2D eigenvalue weighted by Gasteiger charge is 2.19. The summed E-state index contributed by atoms with van der Waals surface area (Å²) in [4.78, 5) is 28.4. The number of anilines is 1. The normalized spacial score (nSPS) is 15.3. The fourth-order valence-corrected chi connectivity index (χ4v) is 1.83. The lowest BCUT2D eigenvalue weighted by Gasteiger charge is -2.25. The van der Waals surface area contributed by atoms with Gasteiger partial charge in [0, 0.05) is 24.7 Å². The predicted octanol–water partition coefficient (Wildman–Crippen LogP) is 1.81. The number of carbonyl (C=O) groups is 2. The Kier molecular flexibility index (Phi) is 3.94. The van der Waals surface area contributed by atoms with Crippen molar-refractivity contribution in [3.8, 4) is 0 Å². The fourth-order valence-electron chi connectivity index (χ4n) is 1.83. The maximum atomic E-state index is 12.1. The first kappa shape index (κ1) is 12.6. The fraction of sp³-hybridized carbons (Fsp3) is 0.385. The molecule has 18 heavy (non-hydrogen) atoms. The number of hydroxylamine groups is 2. The van der Waals surface area contributed by atoms with Crippen LogP contribution in [-0.4, -0.2) is 30.0 Å². The van der Waals surface area contributed by atoms with Gasteiger partial charge in [0.25, 0.3) is 5.91 Å². The molecular weight excluding hydrogens is 232 g/mol. The summed E-state index contributed by atoms with van der Waals surface area (Å²) in [5.41, 5.74) is 1.13. The van der Waals surface area contributed by atoms with Crippen molar-refractivity contribution in [2.75, 3.05) is 18.5 Å². The minimum atomic E-state index is -0.165. The molecule has 1 N–H and O–H groups in total. The quantitative estimate of drug-likeness (QED) is 0.868. The van der Waals surface area contributed by atoms with E-state index in [0.29, 0.717) is 24.4 Å². The highest BCUT2D eigenvalue weighted by Crippen LogP contribution is 2.15. The Balaban J connectivity index is 2.11. The zero-order valence-corrected chi connectivity index (χ0v) is 10.3. The SMILES string of the molecule is CC(=O)Nc1cccc(C(=O)N2CCCCO2)c1. The molecule has 5 heteroatoms. The van der Waals surface area contributed by atoms with Gasteiger partial charge in [0.05, 0.1) is 6.61 Å². The van der Waals surface area contributed by atoms with Crippen LogP contribution in [0.15, 0.2) is 24.3 Å². The maximum absolute atomic E-state index is 12.1. The molecule has 1 aromatic rings. The third-order valence-electron chi connectivity index (χ3n) is 2.66. The monoisotopic (exact) mass is 248 g/mol. The van der Waals surface area contributed by atoms with Gasteiger partial charge in [0.1, 0.15) is 0 Å². The number of amides is 2. The van der Waals surface area contributed by atoms with Gasteiger partial charge in [-0.15, -0.1) is 0 Å². The van der Waals surface area contributed by atoms with Crippen molar-refractivity contribution < 1.29 is 14.4 Å². The van der Waals surface area contributed by atoms with Crippen LogP contribution in [0.4, 0.5) is 5.69 Å². The maximum Gasteiger partial charge on any atom is 0.277 e. The van der Waals surface area contributed by atoms with E-state index in [4.69, 9.17) is 4.84 Å². The predicted molar refractivity (Wildman–Crippen MR) is 67.0 cm³/mol. The van der Waals surface area contributed by atoms with E-state index in [1.54, 1.807) is 24.3 Å². The number of rotatable bonds is 2. The Morgan fingerprint density at radius 2 is 2.17 bits per heavy atom. The second kappa shape index (κ2) is 5.64. The van der Waals surface area contributed by atoms with Gasteiger partial charge in [0.15, 0.2) is 0 Å². The van der Waals surface area contributed by atoms with Crippen molar-refractivity contribution in [1.29, 1.82) is 0 Å². The van der Waals surface area contributed by atoms with E-state index in [-0.39, 0.29) is 11.8 Å². The number of carbonyl (C=O) groups excluding carboxylic acids is 2. The Hall–Kier alpha value is -1.88. The van der Waals surface area contributed by atoms with Gasteiger partial charge in [-0.05, 0) is 31.0 Å². The summed E-state index contributed by atoms with van der Waals surface area (Å²) in [5.74, 6) is -0.323. The number of benzene rings is 1. The Morgan fingerprint density at radius 3 is 2.83 bits per heavy atom. The van der Waals surface area contributed by atoms with Crippen molar-refractivity contribution in [3.05, 3.63) is 29.8 Å². The van der Waals surface area contributed by atoms with E-state index >= 15 is 0 Å². The summed E-state index contributed by atoms with van der Waals surface area (Å²) >= 11 is 0. The molecule has 0 aliphatic carbocycles. The lowest BCUT2D eigenvalue weighted by Crippen LogP contribution is -2.35. The highest BCUT2D eigenvalue weighted by atomic mass is 16.7. The molecule has 0 aromatic heterocycles. The van der Waals surface area contributed by atoms with E-state index in [1.165, 1.54) is 12.0 Å². The van der Waals surface area contributed by atoms with Crippen LogP contribution in [0, 0.1) is 0 Å². The minimum absolute atomic E-state index is 0.158. The molecule has 2 rings (SSSR count). The van der Waals surface area contributed by atoms with Gasteiger partial charge < -0.3 is 5.32 Å². The van der Waals surface area contributed by atoms with E-state index in [2.05, 4.69) is 5.32 Å². The largest absolute Gasteiger partial charge is 0.326 e. The van der Waals surface area contributed by atoms with Crippen LogP contribution in [-0.2, 0) is 9.63 Å². The Bertz CT molecular complexity index is 453. The number of hydrogen-bond donors (Lipinski definition) is 1. The van der Waals surface area contributed by atoms with Crippen molar-refractivity contribution >= 4 is 17.5 Å². The second-order valence-electron chi connectivity index (χ2n) is 4.21. The summed E-state index contributed by atoms with van der Waals surface area (Å²) in [6.07, 6.45) is 1.94. The lowest BCUT2D eigenvalue weighted by atomic mass is 10.1. The molecule has 0 saturated carbocycles. The Morgan fingerprint density at radius 1 is 1.33 bits per heavy atom. The highest BCUT2D eigenvalue weighted by molar-refractivity contribution is 5.96. The van der Waals surface area contributed by atoms with Gasteiger partial charge in [-0.2, -0.15) is 0 Å². The topological polar surface area (TPSA) is 58.6 Å². The summed E-state index contributed by atoms with van der Waals surface area (Å²) in [6.45, 7) is 2.63. The lowest BCUT2D eigenvalue weighted by molar-refractivity contribution is -0.144. The summed E-state index contributed by atoms with van der Waals surface area (Å²) in [6, 6.07) is 6.85. The molecule has 1 fully saturated rings. The van der Waals surface area contributed by atoms with E-state index in [9.17, 15) is 9.59 Å². The molecule has 0 spiro atoms. The summed E-state index contributed by atoms with van der Waals surface area (Å²) in [5, 5.41) is 4.04. The van der Waals surface area contributed by atoms with E-state index in [1.807, 2.05) is 0 Å². The van der Waals surface area contributed by atoms with Crippen LogP contribution in [0.25, 0.3) is 0 Å². The van der Waals surface area contributed by atoms with Crippen molar-refractivity contribution in [1.82, 2.24) is 5.06 Å². The zero-order chi connectivity index (χ0) is 13.0. The van der Waals surface area contributed by atoms with Crippen LogP contribution in [0.2, 0.25) is 0 Å².